The lowest BCUT2D eigenvalue weighted by Gasteiger charge is -2.10. The fraction of sp³-hybridized carbons (Fsp3) is 0.118. The highest BCUT2D eigenvalue weighted by molar-refractivity contribution is 5.85. The van der Waals surface area contributed by atoms with Crippen molar-refractivity contribution in [1.82, 2.24) is 19.5 Å². The SMILES string of the molecule is FC(F)(F)Oc1cccc(Cn2cnc3c(-c4ccco4)ncnc32)c1. The highest BCUT2D eigenvalue weighted by Gasteiger charge is 2.31. The van der Waals surface area contributed by atoms with Gasteiger partial charge >= 0.3 is 6.36 Å². The molecule has 0 aliphatic carbocycles. The molecule has 0 bridgehead atoms. The van der Waals surface area contributed by atoms with Crippen LogP contribution in [0.4, 0.5) is 13.2 Å². The summed E-state index contributed by atoms with van der Waals surface area (Å²) in [5.74, 6) is 0.286. The number of ether oxygens (including phenoxy) is 1. The van der Waals surface area contributed by atoms with E-state index in [1.165, 1.54) is 30.8 Å². The molecule has 0 saturated carbocycles. The molecular weight excluding hydrogens is 349 g/mol. The van der Waals surface area contributed by atoms with E-state index in [4.69, 9.17) is 4.42 Å². The Hall–Kier alpha value is -3.36. The molecule has 3 heterocycles. The van der Waals surface area contributed by atoms with Crippen molar-refractivity contribution in [2.45, 2.75) is 12.9 Å². The van der Waals surface area contributed by atoms with Crippen LogP contribution in [0.15, 0.2) is 59.7 Å². The molecule has 4 rings (SSSR count). The predicted octanol–water partition coefficient (Wildman–Crippen LogP) is 4.03. The van der Waals surface area contributed by atoms with Gasteiger partial charge in [-0.3, -0.25) is 0 Å². The molecule has 26 heavy (non-hydrogen) atoms. The summed E-state index contributed by atoms with van der Waals surface area (Å²) >= 11 is 0. The largest absolute Gasteiger partial charge is 0.573 e. The average molecular weight is 360 g/mol. The van der Waals surface area contributed by atoms with Crippen LogP contribution in [0.2, 0.25) is 0 Å². The van der Waals surface area contributed by atoms with E-state index in [1.54, 1.807) is 29.1 Å². The molecule has 132 valence electrons. The summed E-state index contributed by atoms with van der Waals surface area (Å²) in [4.78, 5) is 12.7. The Bertz CT molecular complexity index is 1040. The summed E-state index contributed by atoms with van der Waals surface area (Å²) in [6.45, 7) is 0.278. The number of imidazole rings is 1. The summed E-state index contributed by atoms with van der Waals surface area (Å²) in [5, 5.41) is 0. The first-order chi connectivity index (χ1) is 12.5. The monoisotopic (exact) mass is 360 g/mol. The van der Waals surface area contributed by atoms with Gasteiger partial charge in [0.05, 0.1) is 19.1 Å². The van der Waals surface area contributed by atoms with Crippen molar-refractivity contribution in [3.05, 3.63) is 60.9 Å². The molecule has 0 unspecified atom stereocenters. The van der Waals surface area contributed by atoms with E-state index >= 15 is 0 Å². The van der Waals surface area contributed by atoms with Crippen molar-refractivity contribution >= 4 is 11.2 Å². The van der Waals surface area contributed by atoms with Gasteiger partial charge in [0.15, 0.2) is 11.4 Å². The minimum absolute atomic E-state index is 0.273. The molecule has 0 radical (unpaired) electrons. The lowest BCUT2D eigenvalue weighted by atomic mass is 10.2. The molecule has 0 spiro atoms. The van der Waals surface area contributed by atoms with E-state index in [0.717, 1.165) is 0 Å². The second-order valence-corrected chi connectivity index (χ2v) is 5.44. The first kappa shape index (κ1) is 16.1. The number of aromatic nitrogens is 4. The first-order valence-electron chi connectivity index (χ1n) is 7.54. The van der Waals surface area contributed by atoms with Crippen LogP contribution in [0.3, 0.4) is 0 Å². The molecule has 3 aromatic heterocycles. The minimum atomic E-state index is -4.73. The molecule has 0 aliphatic rings. The lowest BCUT2D eigenvalue weighted by molar-refractivity contribution is -0.274. The number of benzene rings is 1. The van der Waals surface area contributed by atoms with Crippen LogP contribution in [-0.2, 0) is 6.54 Å². The zero-order valence-corrected chi connectivity index (χ0v) is 13.1. The van der Waals surface area contributed by atoms with E-state index < -0.39 is 6.36 Å². The third-order valence-corrected chi connectivity index (χ3v) is 3.64. The molecule has 0 N–H and O–H groups in total. The Morgan fingerprint density at radius 2 is 1.96 bits per heavy atom. The molecule has 4 aromatic rings. The van der Waals surface area contributed by atoms with Crippen molar-refractivity contribution in [3.8, 4) is 17.2 Å². The Kier molecular flexibility index (Phi) is 3.83. The average Bonchev–Trinajstić information content (AvgIpc) is 3.24. The van der Waals surface area contributed by atoms with E-state index in [2.05, 4.69) is 19.7 Å². The normalized spacial score (nSPS) is 11.8. The van der Waals surface area contributed by atoms with Crippen LogP contribution in [0, 0.1) is 0 Å². The molecule has 0 fully saturated rings. The molecule has 0 amide bonds. The predicted molar refractivity (Wildman–Crippen MR) is 85.3 cm³/mol. The van der Waals surface area contributed by atoms with Crippen LogP contribution in [-0.4, -0.2) is 25.9 Å². The quantitative estimate of drug-likeness (QED) is 0.550. The minimum Gasteiger partial charge on any atom is -0.463 e. The smallest absolute Gasteiger partial charge is 0.463 e. The Balaban J connectivity index is 1.67. The number of alkyl halides is 3. The number of halogens is 3. The van der Waals surface area contributed by atoms with Crippen LogP contribution >= 0.6 is 0 Å². The van der Waals surface area contributed by atoms with Gasteiger partial charge in [0.1, 0.15) is 23.3 Å². The summed E-state index contributed by atoms with van der Waals surface area (Å²) in [7, 11) is 0. The molecular formula is C17H11F3N4O2. The number of nitrogens with zero attached hydrogens (tertiary/aromatic N) is 4. The van der Waals surface area contributed by atoms with Gasteiger partial charge in [-0.1, -0.05) is 12.1 Å². The van der Waals surface area contributed by atoms with E-state index in [0.29, 0.717) is 28.2 Å². The molecule has 0 saturated heterocycles. The van der Waals surface area contributed by atoms with Gasteiger partial charge in [-0.2, -0.15) is 0 Å². The topological polar surface area (TPSA) is 66.0 Å². The Morgan fingerprint density at radius 3 is 2.73 bits per heavy atom. The highest BCUT2D eigenvalue weighted by atomic mass is 19.4. The zero-order chi connectivity index (χ0) is 18.1. The van der Waals surface area contributed by atoms with Gasteiger partial charge < -0.3 is 13.7 Å². The summed E-state index contributed by atoms with van der Waals surface area (Å²) < 4.78 is 48.2. The van der Waals surface area contributed by atoms with Crippen LogP contribution in [0.1, 0.15) is 5.56 Å². The molecule has 9 heteroatoms. The highest BCUT2D eigenvalue weighted by Crippen LogP contribution is 2.26. The number of furan rings is 1. The summed E-state index contributed by atoms with van der Waals surface area (Å²) in [6.07, 6.45) is -0.247. The lowest BCUT2D eigenvalue weighted by Crippen LogP contribution is -2.17. The number of fused-ring (bicyclic) bond motifs is 1. The van der Waals surface area contributed by atoms with Crippen molar-refractivity contribution in [3.63, 3.8) is 0 Å². The molecule has 1 aromatic carbocycles. The molecule has 0 aliphatic heterocycles. The second kappa shape index (κ2) is 6.17. The zero-order valence-electron chi connectivity index (χ0n) is 13.1. The van der Waals surface area contributed by atoms with E-state index in [1.807, 2.05) is 0 Å². The standard InChI is InChI=1S/C17H11F3N4O2/c18-17(19,20)26-12-4-1-3-11(7-12)8-24-10-23-15-14(13-5-2-6-25-13)21-9-22-16(15)24/h1-7,9-10H,8H2. The first-order valence-corrected chi connectivity index (χ1v) is 7.54. The van der Waals surface area contributed by atoms with Gasteiger partial charge in [-0.15, -0.1) is 13.2 Å². The van der Waals surface area contributed by atoms with Crippen LogP contribution in [0.25, 0.3) is 22.6 Å². The second-order valence-electron chi connectivity index (χ2n) is 5.44. The maximum Gasteiger partial charge on any atom is 0.573 e. The number of hydrogen-bond donors (Lipinski definition) is 0. The van der Waals surface area contributed by atoms with Crippen molar-refractivity contribution in [1.29, 1.82) is 0 Å². The summed E-state index contributed by atoms with van der Waals surface area (Å²) in [5.41, 5.74) is 2.26. The number of hydrogen-bond acceptors (Lipinski definition) is 5. The van der Waals surface area contributed by atoms with Gasteiger partial charge in [0.25, 0.3) is 0 Å². The molecule has 6 nitrogen and oxygen atoms in total. The number of rotatable bonds is 4. The van der Waals surface area contributed by atoms with Crippen LogP contribution in [0.5, 0.6) is 5.75 Å². The van der Waals surface area contributed by atoms with Crippen molar-refractivity contribution in [2.24, 2.45) is 0 Å². The fourth-order valence-electron chi connectivity index (χ4n) is 2.63. The fourth-order valence-corrected chi connectivity index (χ4v) is 2.63. The third kappa shape index (κ3) is 3.23. The van der Waals surface area contributed by atoms with Crippen molar-refractivity contribution in [2.75, 3.05) is 0 Å². The Morgan fingerprint density at radius 1 is 1.08 bits per heavy atom. The van der Waals surface area contributed by atoms with E-state index in [9.17, 15) is 13.2 Å². The summed E-state index contributed by atoms with van der Waals surface area (Å²) in [6, 6.07) is 9.28. The van der Waals surface area contributed by atoms with Crippen molar-refractivity contribution < 1.29 is 22.3 Å². The Labute approximate surface area is 144 Å². The molecule has 0 atom stereocenters. The van der Waals surface area contributed by atoms with Gasteiger partial charge in [0.2, 0.25) is 0 Å². The maximum atomic E-state index is 12.4. The van der Waals surface area contributed by atoms with Crippen LogP contribution < -0.4 is 4.74 Å². The maximum absolute atomic E-state index is 12.4. The van der Waals surface area contributed by atoms with Gasteiger partial charge in [0, 0.05) is 0 Å². The van der Waals surface area contributed by atoms with Gasteiger partial charge in [-0.05, 0) is 29.8 Å². The van der Waals surface area contributed by atoms with E-state index in [-0.39, 0.29) is 12.3 Å². The third-order valence-electron chi connectivity index (χ3n) is 3.64. The van der Waals surface area contributed by atoms with Gasteiger partial charge in [-0.25, -0.2) is 15.0 Å².